The molecule has 11 nitrogen and oxygen atoms in total. The number of rotatable bonds is 9. The molecule has 0 spiro atoms. The lowest BCUT2D eigenvalue weighted by atomic mass is 9.97. The summed E-state index contributed by atoms with van der Waals surface area (Å²) in [4.78, 5) is 29.9. The van der Waals surface area contributed by atoms with E-state index in [0.29, 0.717) is 36.0 Å². The number of tetrazole rings is 1. The van der Waals surface area contributed by atoms with Crippen molar-refractivity contribution in [1.29, 1.82) is 0 Å². The van der Waals surface area contributed by atoms with Crippen LogP contribution in [0, 0.1) is 5.41 Å². The zero-order valence-electron chi connectivity index (χ0n) is 23.2. The number of para-hydroxylation sites is 1. The number of nitrogens with one attached hydrogen (secondary N) is 1. The van der Waals surface area contributed by atoms with Crippen molar-refractivity contribution in [3.8, 4) is 28.5 Å². The van der Waals surface area contributed by atoms with Crippen LogP contribution in [0.2, 0.25) is 0 Å². The van der Waals surface area contributed by atoms with E-state index in [9.17, 15) is 9.59 Å². The molecule has 0 amide bonds. The minimum atomic E-state index is -0.714. The molecule has 0 aliphatic carbocycles. The third kappa shape index (κ3) is 5.93. The number of hydrogen-bond donors (Lipinski definition) is 1. The van der Waals surface area contributed by atoms with Crippen molar-refractivity contribution in [1.82, 2.24) is 30.2 Å². The Kier molecular flexibility index (Phi) is 7.77. The molecule has 0 saturated heterocycles. The van der Waals surface area contributed by atoms with E-state index in [1.54, 1.807) is 39.0 Å². The summed E-state index contributed by atoms with van der Waals surface area (Å²) >= 11 is 0. The number of benzene rings is 3. The van der Waals surface area contributed by atoms with Gasteiger partial charge in [0.15, 0.2) is 5.82 Å². The van der Waals surface area contributed by atoms with Crippen molar-refractivity contribution in [2.24, 2.45) is 5.41 Å². The number of aromatic nitrogens is 6. The van der Waals surface area contributed by atoms with Gasteiger partial charge in [0, 0.05) is 5.56 Å². The standard InChI is InChI=1S/C30H30N6O5/c1-5-39-29-31-24-13-9-12-22(27(37)40-18-41-28(38)30(2,3)4)25(24)36(29)17-19-14-15-21(20-10-7-6-8-11-20)23(16-19)26-32-34-35-33-26/h6-16H,5,17-18H2,1-4H3,(H,32,33,34,35). The second-order valence-electron chi connectivity index (χ2n) is 10.3. The van der Waals surface area contributed by atoms with E-state index in [0.717, 1.165) is 22.3 Å². The van der Waals surface area contributed by atoms with Crippen LogP contribution in [-0.2, 0) is 20.8 Å². The molecule has 210 valence electrons. The van der Waals surface area contributed by atoms with Crippen molar-refractivity contribution in [3.05, 3.63) is 77.9 Å². The Morgan fingerprint density at radius 1 is 0.951 bits per heavy atom. The van der Waals surface area contributed by atoms with E-state index in [4.69, 9.17) is 14.2 Å². The van der Waals surface area contributed by atoms with Crippen LogP contribution in [-0.4, -0.2) is 55.5 Å². The fourth-order valence-corrected chi connectivity index (χ4v) is 4.36. The van der Waals surface area contributed by atoms with E-state index >= 15 is 0 Å². The van der Waals surface area contributed by atoms with Crippen molar-refractivity contribution in [2.45, 2.75) is 34.2 Å². The minimum absolute atomic E-state index is 0.272. The monoisotopic (exact) mass is 554 g/mol. The molecule has 0 saturated carbocycles. The summed E-state index contributed by atoms with van der Waals surface area (Å²) in [6.45, 7) is 7.26. The Hall–Kier alpha value is -5.06. The van der Waals surface area contributed by atoms with Crippen LogP contribution in [0.3, 0.4) is 0 Å². The quantitative estimate of drug-likeness (QED) is 0.197. The second-order valence-corrected chi connectivity index (χ2v) is 10.3. The maximum atomic E-state index is 13.2. The van der Waals surface area contributed by atoms with Gasteiger partial charge >= 0.3 is 11.9 Å². The highest BCUT2D eigenvalue weighted by Crippen LogP contribution is 2.33. The van der Waals surface area contributed by atoms with Crippen LogP contribution >= 0.6 is 0 Å². The van der Waals surface area contributed by atoms with Gasteiger partial charge in [-0.25, -0.2) is 9.89 Å². The SMILES string of the molecule is CCOc1nc2cccc(C(=O)OCOC(=O)C(C)(C)C)c2n1Cc1ccc(-c2ccccc2)c(-c2nnn[nH]2)c1. The average Bonchev–Trinajstić information content (AvgIpc) is 3.62. The highest BCUT2D eigenvalue weighted by Gasteiger charge is 2.25. The summed E-state index contributed by atoms with van der Waals surface area (Å²) in [5, 5.41) is 14.5. The molecule has 0 fully saturated rings. The number of imidazole rings is 1. The number of ether oxygens (including phenoxy) is 3. The topological polar surface area (TPSA) is 134 Å². The van der Waals surface area contributed by atoms with Gasteiger partial charge in [-0.3, -0.25) is 9.36 Å². The molecule has 0 radical (unpaired) electrons. The van der Waals surface area contributed by atoms with Gasteiger partial charge < -0.3 is 14.2 Å². The lowest BCUT2D eigenvalue weighted by molar-refractivity contribution is -0.161. The summed E-state index contributed by atoms with van der Waals surface area (Å²) in [6.07, 6.45) is 0. The van der Waals surface area contributed by atoms with Crippen molar-refractivity contribution in [2.75, 3.05) is 13.4 Å². The Morgan fingerprint density at radius 3 is 2.46 bits per heavy atom. The summed E-state index contributed by atoms with van der Waals surface area (Å²) in [7, 11) is 0. The first-order valence-corrected chi connectivity index (χ1v) is 13.1. The van der Waals surface area contributed by atoms with Crippen LogP contribution in [0.15, 0.2) is 66.7 Å². The molecule has 1 N–H and O–H groups in total. The Balaban J connectivity index is 1.52. The minimum Gasteiger partial charge on any atom is -0.465 e. The number of aromatic amines is 1. The van der Waals surface area contributed by atoms with Gasteiger partial charge in [-0.2, -0.15) is 4.98 Å². The van der Waals surface area contributed by atoms with E-state index in [1.165, 1.54) is 0 Å². The Morgan fingerprint density at radius 2 is 1.76 bits per heavy atom. The maximum Gasteiger partial charge on any atom is 0.343 e. The van der Waals surface area contributed by atoms with E-state index in [-0.39, 0.29) is 5.56 Å². The number of nitrogens with zero attached hydrogens (tertiary/aromatic N) is 5. The first-order valence-electron chi connectivity index (χ1n) is 13.1. The number of carbonyl (C=O) groups excluding carboxylic acids is 2. The van der Waals surface area contributed by atoms with E-state index in [2.05, 4.69) is 25.6 Å². The number of H-pyrrole nitrogens is 1. The van der Waals surface area contributed by atoms with Gasteiger partial charge in [0.2, 0.25) is 6.79 Å². The van der Waals surface area contributed by atoms with Crippen LogP contribution in [0.4, 0.5) is 0 Å². The highest BCUT2D eigenvalue weighted by molar-refractivity contribution is 6.02. The largest absolute Gasteiger partial charge is 0.465 e. The number of carbonyl (C=O) groups is 2. The maximum absolute atomic E-state index is 13.2. The lowest BCUT2D eigenvalue weighted by Gasteiger charge is -2.16. The molecule has 41 heavy (non-hydrogen) atoms. The molecule has 5 rings (SSSR count). The zero-order chi connectivity index (χ0) is 29.0. The van der Waals surface area contributed by atoms with Crippen LogP contribution in [0.5, 0.6) is 6.01 Å². The predicted octanol–water partition coefficient (Wildman–Crippen LogP) is 5.03. The van der Waals surface area contributed by atoms with Crippen molar-refractivity contribution >= 4 is 23.0 Å². The Labute approximate surface area is 236 Å². The first kappa shape index (κ1) is 27.5. The molecule has 11 heteroatoms. The van der Waals surface area contributed by atoms with Gasteiger partial charge in [0.25, 0.3) is 6.01 Å². The van der Waals surface area contributed by atoms with Crippen LogP contribution < -0.4 is 4.74 Å². The van der Waals surface area contributed by atoms with E-state index in [1.807, 2.05) is 60.0 Å². The molecule has 0 bridgehead atoms. The van der Waals surface area contributed by atoms with Crippen molar-refractivity contribution in [3.63, 3.8) is 0 Å². The fourth-order valence-electron chi connectivity index (χ4n) is 4.36. The van der Waals surface area contributed by atoms with Crippen LogP contribution in [0.25, 0.3) is 33.5 Å². The predicted molar refractivity (Wildman–Crippen MR) is 151 cm³/mol. The van der Waals surface area contributed by atoms with Gasteiger partial charge in [-0.1, -0.05) is 48.5 Å². The van der Waals surface area contributed by atoms with Crippen molar-refractivity contribution < 1.29 is 23.8 Å². The van der Waals surface area contributed by atoms with Crippen LogP contribution in [0.1, 0.15) is 43.6 Å². The van der Waals surface area contributed by atoms with Gasteiger partial charge in [-0.15, -0.1) is 5.10 Å². The summed E-state index contributed by atoms with van der Waals surface area (Å²) in [6, 6.07) is 21.5. The normalized spacial score (nSPS) is 11.4. The Bertz CT molecular complexity index is 1670. The molecule has 2 heterocycles. The molecule has 0 unspecified atom stereocenters. The molecule has 0 atom stereocenters. The van der Waals surface area contributed by atoms with E-state index < -0.39 is 24.1 Å². The smallest absolute Gasteiger partial charge is 0.343 e. The number of hydrogen-bond acceptors (Lipinski definition) is 9. The molecule has 2 aromatic heterocycles. The number of esters is 2. The lowest BCUT2D eigenvalue weighted by Crippen LogP contribution is -2.24. The highest BCUT2D eigenvalue weighted by atomic mass is 16.7. The first-order chi connectivity index (χ1) is 19.8. The average molecular weight is 555 g/mol. The molecule has 5 aromatic rings. The number of fused-ring (bicyclic) bond motifs is 1. The summed E-state index contributed by atoms with van der Waals surface area (Å²) < 4.78 is 18.1. The second kappa shape index (κ2) is 11.6. The molecule has 3 aromatic carbocycles. The molecular weight excluding hydrogens is 524 g/mol. The molecule has 0 aliphatic heterocycles. The fraction of sp³-hybridized carbons (Fsp3) is 0.267. The zero-order valence-corrected chi connectivity index (χ0v) is 23.2. The van der Waals surface area contributed by atoms with Gasteiger partial charge in [0.05, 0.1) is 35.2 Å². The third-order valence-electron chi connectivity index (χ3n) is 6.33. The summed E-state index contributed by atoms with van der Waals surface area (Å²) in [5.74, 6) is -0.585. The molecular formula is C30H30N6O5. The summed E-state index contributed by atoms with van der Waals surface area (Å²) in [5.41, 5.74) is 4.36. The molecule has 0 aliphatic rings. The van der Waals surface area contributed by atoms with Gasteiger partial charge in [0.1, 0.15) is 0 Å². The third-order valence-corrected chi connectivity index (χ3v) is 6.33. The van der Waals surface area contributed by atoms with Gasteiger partial charge in [-0.05, 0) is 73.0 Å².